The second kappa shape index (κ2) is 13.7. The Balaban J connectivity index is 1.24. The first-order chi connectivity index (χ1) is 25.8. The second-order valence-electron chi connectivity index (χ2n) is 12.7. The van der Waals surface area contributed by atoms with Gasteiger partial charge in [0.1, 0.15) is 11.2 Å². The Morgan fingerprint density at radius 1 is 0.231 bits per heavy atom. The minimum absolute atomic E-state index is 0.867. The van der Waals surface area contributed by atoms with E-state index < -0.39 is 0 Å². The van der Waals surface area contributed by atoms with Crippen molar-refractivity contribution in [3.63, 3.8) is 0 Å². The molecule has 0 amide bonds. The zero-order valence-corrected chi connectivity index (χ0v) is 28.5. The predicted octanol–water partition coefficient (Wildman–Crippen LogP) is 14.0. The summed E-state index contributed by atoms with van der Waals surface area (Å²) in [7, 11) is 0. The number of fused-ring (bicyclic) bond motifs is 3. The molecule has 0 aliphatic heterocycles. The van der Waals surface area contributed by atoms with Crippen LogP contribution < -0.4 is 14.7 Å². The van der Waals surface area contributed by atoms with E-state index in [1.807, 2.05) is 12.1 Å². The van der Waals surface area contributed by atoms with Crippen molar-refractivity contribution in [1.82, 2.24) is 0 Å². The highest BCUT2D eigenvalue weighted by Gasteiger charge is 2.20. The Hall–Kier alpha value is -7.04. The zero-order valence-electron chi connectivity index (χ0n) is 28.5. The lowest BCUT2D eigenvalue weighted by Gasteiger charge is -2.31. The number of para-hydroxylation sites is 5. The zero-order chi connectivity index (χ0) is 34.7. The van der Waals surface area contributed by atoms with Crippen molar-refractivity contribution in [2.24, 2.45) is 0 Å². The average molecular weight is 670 g/mol. The number of nitrogens with zero attached hydrogens (tertiary/aromatic N) is 3. The molecule has 8 aromatic carbocycles. The largest absolute Gasteiger partial charge is 0.456 e. The Morgan fingerprint density at radius 3 is 1.00 bits per heavy atom. The minimum Gasteiger partial charge on any atom is -0.456 e. The number of hydrogen-bond acceptors (Lipinski definition) is 4. The highest BCUT2D eigenvalue weighted by atomic mass is 16.3. The number of furan rings is 1. The van der Waals surface area contributed by atoms with Gasteiger partial charge in [0.05, 0.1) is 0 Å². The van der Waals surface area contributed by atoms with Crippen molar-refractivity contribution in [3.8, 4) is 0 Å². The van der Waals surface area contributed by atoms with Gasteiger partial charge in [-0.3, -0.25) is 0 Å². The molecule has 0 unspecified atom stereocenters. The quantitative estimate of drug-likeness (QED) is 0.153. The molecule has 0 aliphatic rings. The number of hydrogen-bond donors (Lipinski definition) is 0. The molecule has 9 rings (SSSR count). The van der Waals surface area contributed by atoms with Gasteiger partial charge in [-0.05, 0) is 109 Å². The van der Waals surface area contributed by atoms with Gasteiger partial charge in [0.15, 0.2) is 0 Å². The molecule has 1 heterocycles. The van der Waals surface area contributed by atoms with Crippen LogP contribution in [0.1, 0.15) is 0 Å². The molecule has 0 aliphatic carbocycles. The van der Waals surface area contributed by atoms with Crippen molar-refractivity contribution in [2.45, 2.75) is 0 Å². The third-order valence-corrected chi connectivity index (χ3v) is 9.37. The number of rotatable bonds is 9. The SMILES string of the molecule is c1ccc(N(c2ccccc2)c2cccc(N(c3cccc(N(c4ccccc4)c4ccccc4)c3)c3ccc4oc5ccccc5c4c3)c2)cc1. The van der Waals surface area contributed by atoms with Crippen LogP contribution in [0.25, 0.3) is 21.9 Å². The van der Waals surface area contributed by atoms with E-state index in [1.165, 1.54) is 0 Å². The van der Waals surface area contributed by atoms with Crippen molar-refractivity contribution in [2.75, 3.05) is 14.7 Å². The van der Waals surface area contributed by atoms with E-state index in [9.17, 15) is 0 Å². The molecule has 0 saturated carbocycles. The molecule has 0 saturated heterocycles. The summed E-state index contributed by atoms with van der Waals surface area (Å²) < 4.78 is 6.26. The van der Waals surface area contributed by atoms with Crippen LogP contribution in [-0.4, -0.2) is 0 Å². The maximum absolute atomic E-state index is 6.26. The fraction of sp³-hybridized carbons (Fsp3) is 0. The molecule has 9 aromatic rings. The number of benzene rings is 8. The van der Waals surface area contributed by atoms with Crippen LogP contribution in [0.15, 0.2) is 217 Å². The lowest BCUT2D eigenvalue weighted by atomic mass is 10.1. The summed E-state index contributed by atoms with van der Waals surface area (Å²) in [5, 5.41) is 2.18. The summed E-state index contributed by atoms with van der Waals surface area (Å²) in [6.07, 6.45) is 0. The molecule has 0 fully saturated rings. The molecular formula is C48H35N3O. The molecule has 0 N–H and O–H groups in total. The predicted molar refractivity (Wildman–Crippen MR) is 218 cm³/mol. The van der Waals surface area contributed by atoms with Crippen LogP contribution in [-0.2, 0) is 0 Å². The van der Waals surface area contributed by atoms with Gasteiger partial charge in [0.25, 0.3) is 0 Å². The summed E-state index contributed by atoms with van der Waals surface area (Å²) in [6.45, 7) is 0. The van der Waals surface area contributed by atoms with Crippen LogP contribution in [0.2, 0.25) is 0 Å². The Labute approximate surface area is 303 Å². The summed E-state index contributed by atoms with van der Waals surface area (Å²) in [6, 6.07) is 74.5. The van der Waals surface area contributed by atoms with E-state index in [4.69, 9.17) is 4.42 Å². The van der Waals surface area contributed by atoms with Gasteiger partial charge >= 0.3 is 0 Å². The van der Waals surface area contributed by atoms with Gasteiger partial charge in [0, 0.05) is 62.0 Å². The van der Waals surface area contributed by atoms with Gasteiger partial charge in [-0.1, -0.05) is 103 Å². The fourth-order valence-corrected chi connectivity index (χ4v) is 7.05. The van der Waals surface area contributed by atoms with E-state index in [0.29, 0.717) is 0 Å². The molecule has 52 heavy (non-hydrogen) atoms. The molecular weight excluding hydrogens is 635 g/mol. The summed E-state index contributed by atoms with van der Waals surface area (Å²) in [5.41, 5.74) is 11.3. The first kappa shape index (κ1) is 31.0. The van der Waals surface area contributed by atoms with E-state index in [1.54, 1.807) is 0 Å². The van der Waals surface area contributed by atoms with Crippen molar-refractivity contribution in [3.05, 3.63) is 212 Å². The highest BCUT2D eigenvalue weighted by Crippen LogP contribution is 2.44. The van der Waals surface area contributed by atoms with Crippen LogP contribution in [0.3, 0.4) is 0 Å². The normalized spacial score (nSPS) is 11.1. The van der Waals surface area contributed by atoms with Gasteiger partial charge in [0.2, 0.25) is 0 Å². The van der Waals surface area contributed by atoms with E-state index >= 15 is 0 Å². The molecule has 0 radical (unpaired) electrons. The maximum atomic E-state index is 6.26. The van der Waals surface area contributed by atoms with Gasteiger partial charge < -0.3 is 19.1 Å². The molecule has 0 spiro atoms. The minimum atomic E-state index is 0.867. The van der Waals surface area contributed by atoms with Crippen LogP contribution >= 0.6 is 0 Å². The smallest absolute Gasteiger partial charge is 0.135 e. The van der Waals surface area contributed by atoms with Crippen LogP contribution in [0.5, 0.6) is 0 Å². The fourth-order valence-electron chi connectivity index (χ4n) is 7.05. The van der Waals surface area contributed by atoms with Crippen molar-refractivity contribution in [1.29, 1.82) is 0 Å². The molecule has 1 aromatic heterocycles. The van der Waals surface area contributed by atoms with Gasteiger partial charge in [-0.2, -0.15) is 0 Å². The Morgan fingerprint density at radius 2 is 0.558 bits per heavy atom. The van der Waals surface area contributed by atoms with Crippen LogP contribution in [0.4, 0.5) is 51.2 Å². The maximum Gasteiger partial charge on any atom is 0.135 e. The number of anilines is 9. The second-order valence-corrected chi connectivity index (χ2v) is 12.7. The Bertz CT molecular complexity index is 2380. The first-order valence-corrected chi connectivity index (χ1v) is 17.5. The standard InChI is InChI=1S/C48H35N3O/c1-5-17-36(18-6-1)49(37-19-7-2-8-20-37)40-25-15-27-42(33-40)51(44-31-32-48-46(35-44)45-29-13-14-30-47(45)52-48)43-28-16-26-41(34-43)50(38-21-9-3-10-22-38)39-23-11-4-12-24-39/h1-35H. The van der Waals surface area contributed by atoms with Crippen molar-refractivity contribution >= 4 is 73.1 Å². The monoisotopic (exact) mass is 669 g/mol. The molecule has 248 valence electrons. The molecule has 0 atom stereocenters. The summed E-state index contributed by atoms with van der Waals surface area (Å²) in [5.74, 6) is 0. The highest BCUT2D eigenvalue weighted by molar-refractivity contribution is 6.06. The van der Waals surface area contributed by atoms with Crippen LogP contribution in [0, 0.1) is 0 Å². The summed E-state index contributed by atoms with van der Waals surface area (Å²) >= 11 is 0. The molecule has 4 heteroatoms. The Kier molecular flexibility index (Phi) is 8.16. The lowest BCUT2D eigenvalue weighted by molar-refractivity contribution is 0.669. The average Bonchev–Trinajstić information content (AvgIpc) is 3.58. The van der Waals surface area contributed by atoms with E-state index in [0.717, 1.165) is 73.1 Å². The van der Waals surface area contributed by atoms with Crippen molar-refractivity contribution < 1.29 is 4.42 Å². The van der Waals surface area contributed by atoms with E-state index in [-0.39, 0.29) is 0 Å². The van der Waals surface area contributed by atoms with Gasteiger partial charge in [-0.15, -0.1) is 0 Å². The van der Waals surface area contributed by atoms with E-state index in [2.05, 4.69) is 215 Å². The van der Waals surface area contributed by atoms with Gasteiger partial charge in [-0.25, -0.2) is 0 Å². The third kappa shape index (κ3) is 5.93. The lowest BCUT2D eigenvalue weighted by Crippen LogP contribution is -2.14. The topological polar surface area (TPSA) is 22.9 Å². The molecule has 0 bridgehead atoms. The summed E-state index contributed by atoms with van der Waals surface area (Å²) in [4.78, 5) is 6.95. The first-order valence-electron chi connectivity index (χ1n) is 17.5. The third-order valence-electron chi connectivity index (χ3n) is 9.37. The molecule has 4 nitrogen and oxygen atoms in total.